The van der Waals surface area contributed by atoms with Gasteiger partial charge in [0.25, 0.3) is 0 Å². The minimum absolute atomic E-state index is 0.433. The molecule has 4 aromatic carbocycles. The lowest BCUT2D eigenvalue weighted by Crippen LogP contribution is -2.31. The van der Waals surface area contributed by atoms with Gasteiger partial charge in [-0.15, -0.1) is 0 Å². The standard InChI is InChI=1S/C26H19BrO4/c1-14(28)30-25-22(27)13-21-23-17-8-4-3-7-16(17)11-12-20(23)18-9-5-6-10-19(18)24(21)26(25)31-15(2)29/h3-13,25-26H,1-2H3/t25-,26-/m0/s1. The molecule has 2 atom stereocenters. The van der Waals surface area contributed by atoms with Crippen LogP contribution in [-0.4, -0.2) is 18.0 Å². The van der Waals surface area contributed by atoms with Crippen molar-refractivity contribution in [2.75, 3.05) is 0 Å². The number of ether oxygens (including phenoxy) is 2. The first-order valence-electron chi connectivity index (χ1n) is 10.0. The topological polar surface area (TPSA) is 52.6 Å². The fraction of sp³-hybridized carbons (Fsp3) is 0.154. The third-order valence-corrected chi connectivity index (χ3v) is 6.38. The molecule has 4 nitrogen and oxygen atoms in total. The number of halogens is 1. The number of hydrogen-bond acceptors (Lipinski definition) is 4. The van der Waals surface area contributed by atoms with Crippen LogP contribution in [0.3, 0.4) is 0 Å². The maximum Gasteiger partial charge on any atom is 0.303 e. The third-order valence-electron chi connectivity index (χ3n) is 5.70. The molecule has 31 heavy (non-hydrogen) atoms. The maximum atomic E-state index is 12.1. The molecule has 0 unspecified atom stereocenters. The molecule has 0 saturated heterocycles. The largest absolute Gasteiger partial charge is 0.453 e. The van der Waals surface area contributed by atoms with Gasteiger partial charge in [0.2, 0.25) is 0 Å². The smallest absolute Gasteiger partial charge is 0.303 e. The summed E-state index contributed by atoms with van der Waals surface area (Å²) in [6.07, 6.45) is 0.484. The molecule has 0 bridgehead atoms. The predicted molar refractivity (Wildman–Crippen MR) is 126 cm³/mol. The lowest BCUT2D eigenvalue weighted by molar-refractivity contribution is -0.162. The van der Waals surface area contributed by atoms with Crippen LogP contribution in [0.1, 0.15) is 31.1 Å². The highest BCUT2D eigenvalue weighted by atomic mass is 79.9. The number of fused-ring (bicyclic) bond motifs is 8. The van der Waals surface area contributed by atoms with Crippen molar-refractivity contribution in [2.24, 2.45) is 0 Å². The van der Waals surface area contributed by atoms with Gasteiger partial charge in [0.15, 0.2) is 12.2 Å². The summed E-state index contributed by atoms with van der Waals surface area (Å²) >= 11 is 3.59. The van der Waals surface area contributed by atoms with Gasteiger partial charge >= 0.3 is 11.9 Å². The Kier molecular flexibility index (Phi) is 4.78. The summed E-state index contributed by atoms with van der Waals surface area (Å²) in [7, 11) is 0. The minimum atomic E-state index is -0.760. The van der Waals surface area contributed by atoms with E-state index in [1.165, 1.54) is 13.8 Å². The Morgan fingerprint density at radius 1 is 0.742 bits per heavy atom. The molecule has 0 radical (unpaired) electrons. The summed E-state index contributed by atoms with van der Waals surface area (Å²) in [4.78, 5) is 23.9. The fourth-order valence-electron chi connectivity index (χ4n) is 4.59. The maximum absolute atomic E-state index is 12.1. The van der Waals surface area contributed by atoms with E-state index in [4.69, 9.17) is 9.47 Å². The van der Waals surface area contributed by atoms with Crippen molar-refractivity contribution in [3.05, 3.63) is 76.3 Å². The van der Waals surface area contributed by atoms with Crippen LogP contribution < -0.4 is 0 Å². The van der Waals surface area contributed by atoms with Gasteiger partial charge in [-0.05, 0) is 44.0 Å². The van der Waals surface area contributed by atoms with Crippen molar-refractivity contribution in [1.29, 1.82) is 0 Å². The molecular weight excluding hydrogens is 456 g/mol. The van der Waals surface area contributed by atoms with Crippen molar-refractivity contribution in [1.82, 2.24) is 0 Å². The van der Waals surface area contributed by atoms with E-state index in [1.807, 2.05) is 36.4 Å². The molecular formula is C26H19BrO4. The molecule has 154 valence electrons. The molecule has 0 aliphatic heterocycles. The number of carbonyl (C=O) groups is 2. The lowest BCUT2D eigenvalue weighted by atomic mass is 9.82. The van der Waals surface area contributed by atoms with Crippen molar-refractivity contribution in [2.45, 2.75) is 26.1 Å². The van der Waals surface area contributed by atoms with Crippen molar-refractivity contribution in [3.63, 3.8) is 0 Å². The first-order valence-corrected chi connectivity index (χ1v) is 10.8. The molecule has 0 fully saturated rings. The van der Waals surface area contributed by atoms with Crippen molar-refractivity contribution in [3.8, 4) is 0 Å². The molecule has 0 amide bonds. The van der Waals surface area contributed by atoms with Crippen LogP contribution in [0, 0.1) is 0 Å². The van der Waals surface area contributed by atoms with Crippen LogP contribution in [0.15, 0.2) is 65.1 Å². The summed E-state index contributed by atoms with van der Waals surface area (Å²) < 4.78 is 12.0. The average Bonchev–Trinajstić information content (AvgIpc) is 2.75. The van der Waals surface area contributed by atoms with Crippen LogP contribution >= 0.6 is 15.9 Å². The van der Waals surface area contributed by atoms with Crippen LogP contribution in [0.25, 0.3) is 38.4 Å². The second kappa shape index (κ2) is 7.50. The second-order valence-corrected chi connectivity index (χ2v) is 8.59. The normalized spacial score (nSPS) is 18.0. The Balaban J connectivity index is 1.97. The Morgan fingerprint density at radius 2 is 1.35 bits per heavy atom. The number of benzene rings is 4. The molecule has 5 heteroatoms. The van der Waals surface area contributed by atoms with E-state index in [0.29, 0.717) is 4.48 Å². The Labute approximate surface area is 187 Å². The van der Waals surface area contributed by atoms with Crippen LogP contribution in [0.5, 0.6) is 0 Å². The fourth-order valence-corrected chi connectivity index (χ4v) is 5.15. The van der Waals surface area contributed by atoms with Gasteiger partial charge in [0, 0.05) is 23.9 Å². The van der Waals surface area contributed by atoms with E-state index in [9.17, 15) is 9.59 Å². The summed E-state index contributed by atoms with van der Waals surface area (Å²) in [5.74, 6) is -0.871. The van der Waals surface area contributed by atoms with Gasteiger partial charge < -0.3 is 9.47 Å². The molecule has 1 aliphatic rings. The zero-order valence-corrected chi connectivity index (χ0v) is 18.6. The first kappa shape index (κ1) is 19.8. The molecule has 0 heterocycles. The highest BCUT2D eigenvalue weighted by Crippen LogP contribution is 2.47. The van der Waals surface area contributed by atoms with E-state index in [2.05, 4.69) is 46.3 Å². The zero-order valence-electron chi connectivity index (χ0n) is 17.0. The highest BCUT2D eigenvalue weighted by Gasteiger charge is 2.38. The Hall–Kier alpha value is -3.18. The van der Waals surface area contributed by atoms with E-state index in [-0.39, 0.29) is 0 Å². The molecule has 4 aromatic rings. The second-order valence-electron chi connectivity index (χ2n) is 7.67. The van der Waals surface area contributed by atoms with Gasteiger partial charge in [-0.3, -0.25) is 9.59 Å². The molecule has 1 aliphatic carbocycles. The van der Waals surface area contributed by atoms with Gasteiger partial charge in [-0.1, -0.05) is 76.6 Å². The van der Waals surface area contributed by atoms with E-state index < -0.39 is 24.1 Å². The summed E-state index contributed by atoms with van der Waals surface area (Å²) in [5.41, 5.74) is 1.82. The van der Waals surface area contributed by atoms with Gasteiger partial charge in [0.1, 0.15) is 0 Å². The highest BCUT2D eigenvalue weighted by molar-refractivity contribution is 9.11. The average molecular weight is 475 g/mol. The van der Waals surface area contributed by atoms with Crippen LogP contribution in [0.2, 0.25) is 0 Å². The number of carbonyl (C=O) groups excluding carboxylic acids is 2. The quantitative estimate of drug-likeness (QED) is 0.248. The molecule has 0 N–H and O–H groups in total. The van der Waals surface area contributed by atoms with Gasteiger partial charge in [-0.2, -0.15) is 0 Å². The number of hydrogen-bond donors (Lipinski definition) is 0. The van der Waals surface area contributed by atoms with Gasteiger partial charge in [0.05, 0.1) is 0 Å². The number of esters is 2. The van der Waals surface area contributed by atoms with Crippen LogP contribution in [0.4, 0.5) is 0 Å². The molecule has 0 spiro atoms. The molecule has 0 saturated carbocycles. The SMILES string of the molecule is CC(=O)O[C@H]1C(Br)=Cc2c(c3ccccc3c3ccc4ccccc4c23)[C@@H]1OC(C)=O. The molecule has 0 aromatic heterocycles. The monoisotopic (exact) mass is 474 g/mol. The Bertz CT molecular complexity index is 1420. The number of rotatable bonds is 2. The summed E-state index contributed by atoms with van der Waals surface area (Å²) in [5, 5.41) is 6.49. The van der Waals surface area contributed by atoms with E-state index >= 15 is 0 Å². The van der Waals surface area contributed by atoms with E-state index in [1.54, 1.807) is 0 Å². The summed E-state index contributed by atoms with van der Waals surface area (Å²) in [6, 6.07) is 20.6. The van der Waals surface area contributed by atoms with E-state index in [0.717, 1.165) is 43.4 Å². The minimum Gasteiger partial charge on any atom is -0.453 e. The summed E-state index contributed by atoms with van der Waals surface area (Å²) in [6.45, 7) is 2.72. The van der Waals surface area contributed by atoms with Crippen LogP contribution in [-0.2, 0) is 19.1 Å². The third kappa shape index (κ3) is 3.20. The van der Waals surface area contributed by atoms with Gasteiger partial charge in [-0.25, -0.2) is 0 Å². The van der Waals surface area contributed by atoms with Crippen molar-refractivity contribution < 1.29 is 19.1 Å². The lowest BCUT2D eigenvalue weighted by Gasteiger charge is -2.33. The first-order chi connectivity index (χ1) is 15.0. The Morgan fingerprint density at radius 3 is 2.06 bits per heavy atom. The predicted octanol–water partition coefficient (Wildman–Crippen LogP) is 6.43. The molecule has 5 rings (SSSR count). The van der Waals surface area contributed by atoms with Crippen molar-refractivity contribution >= 4 is 66.3 Å². The zero-order chi connectivity index (χ0) is 21.7.